The number of hydrogen-bond donors (Lipinski definition) is 0. The molecule has 1 aromatic carbocycles. The lowest BCUT2D eigenvalue weighted by atomic mass is 10.1. The Kier molecular flexibility index (Phi) is 4.75. The van der Waals surface area contributed by atoms with Gasteiger partial charge in [0.2, 0.25) is 0 Å². The molecule has 29 heavy (non-hydrogen) atoms. The molecule has 0 bridgehead atoms. The van der Waals surface area contributed by atoms with E-state index >= 15 is 0 Å². The fraction of sp³-hybridized carbons (Fsp3) is 0.421. The van der Waals surface area contributed by atoms with Gasteiger partial charge in [0.05, 0.1) is 12.4 Å². The fourth-order valence-electron chi connectivity index (χ4n) is 3.76. The highest BCUT2D eigenvalue weighted by molar-refractivity contribution is 7.99. The molecule has 7 nitrogen and oxygen atoms in total. The van der Waals surface area contributed by atoms with Gasteiger partial charge < -0.3 is 14.2 Å². The summed E-state index contributed by atoms with van der Waals surface area (Å²) >= 11 is 7.52. The summed E-state index contributed by atoms with van der Waals surface area (Å²) in [6.45, 7) is 3.74. The van der Waals surface area contributed by atoms with Crippen LogP contribution in [-0.4, -0.2) is 49.4 Å². The van der Waals surface area contributed by atoms with E-state index in [4.69, 9.17) is 25.8 Å². The molecule has 0 saturated carbocycles. The lowest BCUT2D eigenvalue weighted by Gasteiger charge is -2.24. The number of aromatic nitrogens is 4. The Bertz CT molecular complexity index is 1060. The van der Waals surface area contributed by atoms with Crippen LogP contribution in [0, 0.1) is 5.82 Å². The summed E-state index contributed by atoms with van der Waals surface area (Å²) in [6.07, 6.45) is 1.55. The normalized spacial score (nSPS) is 28.1. The maximum atomic E-state index is 14.0. The maximum Gasteiger partial charge on any atom is 0.167 e. The maximum absolute atomic E-state index is 14.0. The molecule has 4 heterocycles. The highest BCUT2D eigenvalue weighted by Gasteiger charge is 2.56. The van der Waals surface area contributed by atoms with Crippen molar-refractivity contribution in [2.45, 2.75) is 49.1 Å². The van der Waals surface area contributed by atoms with Crippen LogP contribution in [0.25, 0.3) is 11.2 Å². The van der Waals surface area contributed by atoms with Crippen molar-refractivity contribution >= 4 is 34.5 Å². The summed E-state index contributed by atoms with van der Waals surface area (Å²) in [6, 6.07) is 6.68. The standard InChI is InChI=1S/C19H18ClFN4O3S/c1-19(2)27-14-11(7-29-12-6-4-3-5-10(12)21)26-18(15(14)28-19)25-9-24-13-16(20)22-8-23-17(13)25/h3-6,8-9,11,14-15,18H,7H2,1-2H3/t11-,14+,15?,18-/m1/s1. The van der Waals surface area contributed by atoms with Crippen molar-refractivity contribution in [3.8, 4) is 0 Å². The number of benzene rings is 1. The van der Waals surface area contributed by atoms with E-state index in [1.165, 1.54) is 24.2 Å². The Morgan fingerprint density at radius 1 is 1.17 bits per heavy atom. The van der Waals surface area contributed by atoms with Crippen molar-refractivity contribution in [2.24, 2.45) is 0 Å². The topological polar surface area (TPSA) is 71.3 Å². The Balaban J connectivity index is 1.44. The van der Waals surface area contributed by atoms with Gasteiger partial charge in [-0.2, -0.15) is 0 Å². The molecule has 2 fully saturated rings. The van der Waals surface area contributed by atoms with Gasteiger partial charge in [0.1, 0.15) is 29.9 Å². The zero-order valence-electron chi connectivity index (χ0n) is 15.7. The third-order valence-corrected chi connectivity index (χ3v) is 6.37. The van der Waals surface area contributed by atoms with E-state index in [1.807, 2.05) is 19.9 Å². The van der Waals surface area contributed by atoms with Crippen LogP contribution in [0.3, 0.4) is 0 Å². The molecule has 1 unspecified atom stereocenters. The minimum atomic E-state index is -0.749. The van der Waals surface area contributed by atoms with Crippen LogP contribution in [0.15, 0.2) is 41.8 Å². The van der Waals surface area contributed by atoms with E-state index in [9.17, 15) is 4.39 Å². The first kappa shape index (κ1) is 19.2. The summed E-state index contributed by atoms with van der Waals surface area (Å²) in [5, 5.41) is 0.277. The highest BCUT2D eigenvalue weighted by Crippen LogP contribution is 2.45. The Morgan fingerprint density at radius 2 is 1.97 bits per heavy atom. The van der Waals surface area contributed by atoms with Crippen LogP contribution in [0.5, 0.6) is 0 Å². The summed E-state index contributed by atoms with van der Waals surface area (Å²) in [5.74, 6) is -0.485. The minimum absolute atomic E-state index is 0.250. The first-order chi connectivity index (χ1) is 13.9. The molecule has 5 rings (SSSR count). The van der Waals surface area contributed by atoms with Gasteiger partial charge in [-0.15, -0.1) is 11.8 Å². The van der Waals surface area contributed by atoms with Gasteiger partial charge in [0.25, 0.3) is 0 Å². The minimum Gasteiger partial charge on any atom is -0.348 e. The predicted molar refractivity (Wildman–Crippen MR) is 105 cm³/mol. The van der Waals surface area contributed by atoms with E-state index in [0.29, 0.717) is 21.8 Å². The van der Waals surface area contributed by atoms with Crippen LogP contribution in [0.4, 0.5) is 4.39 Å². The lowest BCUT2D eigenvalue weighted by molar-refractivity contribution is -0.193. The smallest absolute Gasteiger partial charge is 0.167 e. The van der Waals surface area contributed by atoms with Gasteiger partial charge >= 0.3 is 0 Å². The molecule has 2 aliphatic heterocycles. The van der Waals surface area contributed by atoms with E-state index in [1.54, 1.807) is 23.0 Å². The molecular weight excluding hydrogens is 419 g/mol. The number of nitrogens with zero attached hydrogens (tertiary/aromatic N) is 4. The molecule has 0 spiro atoms. The van der Waals surface area contributed by atoms with Crippen molar-refractivity contribution in [1.82, 2.24) is 19.5 Å². The van der Waals surface area contributed by atoms with E-state index in [0.717, 1.165) is 0 Å². The van der Waals surface area contributed by atoms with Crippen LogP contribution in [0.1, 0.15) is 20.1 Å². The molecule has 0 aliphatic carbocycles. The third-order valence-electron chi connectivity index (χ3n) is 4.95. The van der Waals surface area contributed by atoms with Crippen LogP contribution >= 0.6 is 23.4 Å². The second-order valence-corrected chi connectivity index (χ2v) is 8.78. The highest BCUT2D eigenvalue weighted by atomic mass is 35.5. The molecule has 152 valence electrons. The quantitative estimate of drug-likeness (QED) is 0.454. The summed E-state index contributed by atoms with van der Waals surface area (Å²) in [7, 11) is 0. The number of halogens is 2. The van der Waals surface area contributed by atoms with Crippen LogP contribution in [-0.2, 0) is 14.2 Å². The van der Waals surface area contributed by atoms with Gasteiger partial charge in [-0.3, -0.25) is 4.57 Å². The van der Waals surface area contributed by atoms with Crippen molar-refractivity contribution in [1.29, 1.82) is 0 Å². The van der Waals surface area contributed by atoms with Gasteiger partial charge in [0.15, 0.2) is 22.8 Å². The van der Waals surface area contributed by atoms with E-state index in [2.05, 4.69) is 15.0 Å². The molecule has 4 atom stereocenters. The number of rotatable bonds is 4. The molecule has 10 heteroatoms. The van der Waals surface area contributed by atoms with Crippen LogP contribution in [0.2, 0.25) is 5.15 Å². The van der Waals surface area contributed by atoms with Crippen molar-refractivity contribution in [3.05, 3.63) is 47.9 Å². The van der Waals surface area contributed by atoms with Gasteiger partial charge in [0, 0.05) is 10.6 Å². The number of hydrogen-bond acceptors (Lipinski definition) is 7. The largest absolute Gasteiger partial charge is 0.348 e. The SMILES string of the molecule is CC1(C)OC2[C@@H](O1)[C@@H](CSc1ccccc1F)O[C@H]2n1cnc2c(Cl)ncnc21. The van der Waals surface area contributed by atoms with Gasteiger partial charge in [-0.25, -0.2) is 19.3 Å². The summed E-state index contributed by atoms with van der Waals surface area (Å²) < 4.78 is 34.4. The number of imidazole rings is 1. The fourth-order valence-corrected chi connectivity index (χ4v) is 4.93. The molecule has 0 N–H and O–H groups in total. The number of ether oxygens (including phenoxy) is 3. The zero-order valence-corrected chi connectivity index (χ0v) is 17.2. The first-order valence-corrected chi connectivity index (χ1v) is 10.5. The molecular formula is C19H18ClFN4O3S. The first-order valence-electron chi connectivity index (χ1n) is 9.14. The Morgan fingerprint density at radius 3 is 2.79 bits per heavy atom. The van der Waals surface area contributed by atoms with Crippen LogP contribution < -0.4 is 0 Å². The van der Waals surface area contributed by atoms with Crippen molar-refractivity contribution in [3.63, 3.8) is 0 Å². The van der Waals surface area contributed by atoms with Crippen molar-refractivity contribution < 1.29 is 18.6 Å². The number of fused-ring (bicyclic) bond motifs is 2. The third kappa shape index (κ3) is 3.40. The number of thioether (sulfide) groups is 1. The molecule has 0 amide bonds. The zero-order chi connectivity index (χ0) is 20.2. The van der Waals surface area contributed by atoms with E-state index in [-0.39, 0.29) is 29.3 Å². The lowest BCUT2D eigenvalue weighted by Crippen LogP contribution is -2.31. The monoisotopic (exact) mass is 436 g/mol. The van der Waals surface area contributed by atoms with Gasteiger partial charge in [-0.05, 0) is 26.0 Å². The second-order valence-electron chi connectivity index (χ2n) is 7.36. The molecule has 0 radical (unpaired) electrons. The average molecular weight is 437 g/mol. The second kappa shape index (κ2) is 7.17. The average Bonchev–Trinajstić information content (AvgIpc) is 3.33. The Hall–Kier alpha value is -1.78. The van der Waals surface area contributed by atoms with E-state index < -0.39 is 12.0 Å². The summed E-state index contributed by atoms with van der Waals surface area (Å²) in [4.78, 5) is 13.2. The van der Waals surface area contributed by atoms with Crippen molar-refractivity contribution in [2.75, 3.05) is 5.75 Å². The molecule has 2 aliphatic rings. The molecule has 3 aromatic rings. The van der Waals surface area contributed by atoms with Gasteiger partial charge in [-0.1, -0.05) is 23.7 Å². The molecule has 2 aromatic heterocycles. The Labute approximate surface area is 175 Å². The predicted octanol–water partition coefficient (Wildman–Crippen LogP) is 3.83. The molecule has 2 saturated heterocycles. The summed E-state index contributed by atoms with van der Waals surface area (Å²) in [5.41, 5.74) is 1.06.